The van der Waals surface area contributed by atoms with Crippen LogP contribution < -0.4 is 4.90 Å². The van der Waals surface area contributed by atoms with Gasteiger partial charge < -0.3 is 9.42 Å². The van der Waals surface area contributed by atoms with Crippen LogP contribution in [0.15, 0.2) is 47.0 Å². The zero-order chi connectivity index (χ0) is 18.3. The molecule has 2 heterocycles. The Morgan fingerprint density at radius 1 is 1.15 bits per heavy atom. The molecule has 2 aromatic carbocycles. The lowest BCUT2D eigenvalue weighted by atomic mass is 10.1. The van der Waals surface area contributed by atoms with E-state index in [-0.39, 0.29) is 11.8 Å². The first kappa shape index (κ1) is 16.8. The maximum atomic E-state index is 12.5. The molecule has 1 aromatic heterocycles. The molecule has 3 aromatic rings. The minimum Gasteiger partial charge on any atom is -0.339 e. The number of nitrogens with zero attached hydrogens (tertiary/aromatic N) is 3. The van der Waals surface area contributed by atoms with Crippen LogP contribution in [0, 0.1) is 13.8 Å². The minimum absolute atomic E-state index is 0.0671. The summed E-state index contributed by atoms with van der Waals surface area (Å²) in [7, 11) is 0. The number of anilines is 1. The van der Waals surface area contributed by atoms with Crippen LogP contribution in [0.2, 0.25) is 5.02 Å². The summed E-state index contributed by atoms with van der Waals surface area (Å²) in [5.41, 5.74) is 3.91. The van der Waals surface area contributed by atoms with Crippen LogP contribution in [0.5, 0.6) is 0 Å². The number of hydrogen-bond acceptors (Lipinski definition) is 4. The van der Waals surface area contributed by atoms with Crippen LogP contribution in [-0.4, -0.2) is 22.6 Å². The summed E-state index contributed by atoms with van der Waals surface area (Å²) >= 11 is 6.20. The molecule has 1 unspecified atom stereocenters. The third-order valence-corrected chi connectivity index (χ3v) is 4.88. The highest BCUT2D eigenvalue weighted by Gasteiger charge is 2.35. The van der Waals surface area contributed by atoms with Gasteiger partial charge in [-0.15, -0.1) is 0 Å². The zero-order valence-corrected chi connectivity index (χ0v) is 15.3. The first-order valence-corrected chi connectivity index (χ1v) is 8.86. The lowest BCUT2D eigenvalue weighted by Crippen LogP contribution is -2.24. The van der Waals surface area contributed by atoms with Gasteiger partial charge in [-0.25, -0.2) is 0 Å². The molecule has 132 valence electrons. The van der Waals surface area contributed by atoms with Gasteiger partial charge in [0, 0.05) is 24.2 Å². The van der Waals surface area contributed by atoms with Crippen molar-refractivity contribution in [2.45, 2.75) is 26.2 Å². The molecule has 6 heteroatoms. The summed E-state index contributed by atoms with van der Waals surface area (Å²) in [5, 5.41) is 4.61. The summed E-state index contributed by atoms with van der Waals surface area (Å²) in [6, 6.07) is 13.5. The lowest BCUT2D eigenvalue weighted by Gasteiger charge is -2.17. The van der Waals surface area contributed by atoms with E-state index in [0.29, 0.717) is 29.7 Å². The number of aryl methyl sites for hydroxylation is 2. The molecule has 0 N–H and O–H groups in total. The molecule has 0 radical (unpaired) electrons. The summed E-state index contributed by atoms with van der Waals surface area (Å²) in [6.07, 6.45) is 0.358. The van der Waals surface area contributed by atoms with Crippen molar-refractivity contribution in [2.24, 2.45) is 0 Å². The molecule has 0 bridgehead atoms. The zero-order valence-electron chi connectivity index (χ0n) is 14.6. The number of hydrogen-bond donors (Lipinski definition) is 0. The Hall–Kier alpha value is -2.66. The van der Waals surface area contributed by atoms with Gasteiger partial charge in [0.1, 0.15) is 0 Å². The topological polar surface area (TPSA) is 59.2 Å². The van der Waals surface area contributed by atoms with Crippen LogP contribution in [0.4, 0.5) is 5.69 Å². The average molecular weight is 368 g/mol. The van der Waals surface area contributed by atoms with Crippen molar-refractivity contribution in [1.82, 2.24) is 10.1 Å². The monoisotopic (exact) mass is 367 g/mol. The molecule has 1 amide bonds. The van der Waals surface area contributed by atoms with E-state index in [2.05, 4.69) is 16.2 Å². The highest BCUT2D eigenvalue weighted by Crippen LogP contribution is 2.33. The highest BCUT2D eigenvalue weighted by molar-refractivity contribution is 6.33. The van der Waals surface area contributed by atoms with Crippen molar-refractivity contribution in [2.75, 3.05) is 11.4 Å². The predicted molar refractivity (Wildman–Crippen MR) is 100 cm³/mol. The maximum absolute atomic E-state index is 12.5. The van der Waals surface area contributed by atoms with Crippen molar-refractivity contribution in [3.63, 3.8) is 0 Å². The van der Waals surface area contributed by atoms with Gasteiger partial charge in [-0.1, -0.05) is 35.0 Å². The molecule has 0 saturated carbocycles. The Kier molecular flexibility index (Phi) is 4.24. The summed E-state index contributed by atoms with van der Waals surface area (Å²) in [5.74, 6) is 0.868. The number of aromatic nitrogens is 2. The smallest absolute Gasteiger partial charge is 0.232 e. The maximum Gasteiger partial charge on any atom is 0.232 e. The van der Waals surface area contributed by atoms with Crippen molar-refractivity contribution in [1.29, 1.82) is 0 Å². The first-order chi connectivity index (χ1) is 12.5. The van der Waals surface area contributed by atoms with E-state index < -0.39 is 0 Å². The number of carbonyl (C=O) groups is 1. The van der Waals surface area contributed by atoms with E-state index in [1.54, 1.807) is 11.0 Å². The molecule has 0 spiro atoms. The second-order valence-corrected chi connectivity index (χ2v) is 7.09. The Morgan fingerprint density at radius 3 is 2.62 bits per heavy atom. The van der Waals surface area contributed by atoms with Crippen LogP contribution in [0.1, 0.15) is 29.4 Å². The van der Waals surface area contributed by atoms with Crippen molar-refractivity contribution < 1.29 is 9.32 Å². The Balaban J connectivity index is 1.59. The fourth-order valence-electron chi connectivity index (χ4n) is 3.38. The van der Waals surface area contributed by atoms with Crippen LogP contribution in [-0.2, 0) is 4.79 Å². The van der Waals surface area contributed by atoms with Gasteiger partial charge in [-0.05, 0) is 49.2 Å². The fraction of sp³-hybridized carbons (Fsp3) is 0.250. The second kappa shape index (κ2) is 6.57. The van der Waals surface area contributed by atoms with E-state index in [1.807, 2.05) is 44.2 Å². The Bertz CT molecular complexity index is 962. The highest BCUT2D eigenvalue weighted by atomic mass is 35.5. The molecule has 1 fully saturated rings. The molecule has 26 heavy (non-hydrogen) atoms. The molecule has 1 aliphatic heterocycles. The van der Waals surface area contributed by atoms with Gasteiger partial charge in [0.2, 0.25) is 17.6 Å². The van der Waals surface area contributed by atoms with Crippen molar-refractivity contribution in [3.8, 4) is 11.4 Å². The van der Waals surface area contributed by atoms with Crippen molar-refractivity contribution in [3.05, 3.63) is 64.5 Å². The van der Waals surface area contributed by atoms with E-state index in [4.69, 9.17) is 16.1 Å². The lowest BCUT2D eigenvalue weighted by molar-refractivity contribution is -0.117. The van der Waals surface area contributed by atoms with Gasteiger partial charge in [-0.3, -0.25) is 4.79 Å². The predicted octanol–water partition coefficient (Wildman–Crippen LogP) is 4.53. The molecular weight excluding hydrogens is 350 g/mol. The fourth-order valence-corrected chi connectivity index (χ4v) is 3.60. The van der Waals surface area contributed by atoms with Gasteiger partial charge in [-0.2, -0.15) is 4.98 Å². The number of rotatable bonds is 3. The SMILES string of the molecule is Cc1cc(C)cc(N2CC(c3nc(-c4ccccc4Cl)no3)CC2=O)c1. The minimum atomic E-state index is -0.118. The largest absolute Gasteiger partial charge is 0.339 e. The average Bonchev–Trinajstić information content (AvgIpc) is 3.21. The Labute approximate surface area is 156 Å². The molecule has 1 saturated heterocycles. The van der Waals surface area contributed by atoms with E-state index in [9.17, 15) is 4.79 Å². The van der Waals surface area contributed by atoms with E-state index in [1.165, 1.54) is 0 Å². The first-order valence-electron chi connectivity index (χ1n) is 8.48. The molecule has 0 aliphatic carbocycles. The van der Waals surface area contributed by atoms with Crippen LogP contribution >= 0.6 is 11.6 Å². The summed E-state index contributed by atoms with van der Waals surface area (Å²) in [4.78, 5) is 18.8. The number of amides is 1. The van der Waals surface area contributed by atoms with Crippen molar-refractivity contribution >= 4 is 23.2 Å². The number of halogens is 1. The quantitative estimate of drug-likeness (QED) is 0.682. The van der Waals surface area contributed by atoms with E-state index in [0.717, 1.165) is 22.4 Å². The van der Waals surface area contributed by atoms with Crippen LogP contribution in [0.3, 0.4) is 0 Å². The molecule has 5 nitrogen and oxygen atoms in total. The van der Waals surface area contributed by atoms with Crippen LogP contribution in [0.25, 0.3) is 11.4 Å². The standard InChI is InChI=1S/C20H18ClN3O2/c1-12-7-13(2)9-15(8-12)24-11-14(10-18(24)25)20-22-19(23-26-20)16-5-3-4-6-17(16)21/h3-9,14H,10-11H2,1-2H3. The van der Waals surface area contributed by atoms with Gasteiger partial charge in [0.15, 0.2) is 0 Å². The van der Waals surface area contributed by atoms with E-state index >= 15 is 0 Å². The normalized spacial score (nSPS) is 17.1. The molecule has 4 rings (SSSR count). The number of benzene rings is 2. The molecular formula is C20H18ClN3O2. The molecule has 1 aliphatic rings. The van der Waals surface area contributed by atoms with Gasteiger partial charge in [0.05, 0.1) is 10.9 Å². The number of carbonyl (C=O) groups excluding carboxylic acids is 1. The van der Waals surface area contributed by atoms with Gasteiger partial charge >= 0.3 is 0 Å². The summed E-state index contributed by atoms with van der Waals surface area (Å²) in [6.45, 7) is 4.59. The Morgan fingerprint density at radius 2 is 1.88 bits per heavy atom. The third-order valence-electron chi connectivity index (χ3n) is 4.55. The van der Waals surface area contributed by atoms with Gasteiger partial charge in [0.25, 0.3) is 0 Å². The molecule has 1 atom stereocenters. The second-order valence-electron chi connectivity index (χ2n) is 6.69. The summed E-state index contributed by atoms with van der Waals surface area (Å²) < 4.78 is 5.44. The third kappa shape index (κ3) is 3.10.